The third-order valence-electron chi connectivity index (χ3n) is 1.97. The highest BCUT2D eigenvalue weighted by molar-refractivity contribution is 9.10. The summed E-state index contributed by atoms with van der Waals surface area (Å²) in [7, 11) is 0. The van der Waals surface area contributed by atoms with Gasteiger partial charge in [-0.3, -0.25) is 4.79 Å². The first-order chi connectivity index (χ1) is 6.59. The van der Waals surface area contributed by atoms with Crippen LogP contribution in [-0.4, -0.2) is 11.9 Å². The van der Waals surface area contributed by atoms with Crippen molar-refractivity contribution in [1.29, 1.82) is 0 Å². The standard InChI is InChI=1S/C10H11BrClNO/c1-7-2-3-9(11)6-8(7)4-5-13-10(12)14/h2-3,6H,4-5H2,1H3,(H,13,14). The lowest BCUT2D eigenvalue weighted by Gasteiger charge is -2.06. The summed E-state index contributed by atoms with van der Waals surface area (Å²) in [5.74, 6) is 0. The zero-order chi connectivity index (χ0) is 10.6. The maximum atomic E-state index is 10.4. The average Bonchev–Trinajstić information content (AvgIpc) is 2.10. The first-order valence-electron chi connectivity index (χ1n) is 4.28. The normalized spacial score (nSPS) is 9.93. The van der Waals surface area contributed by atoms with Crippen molar-refractivity contribution in [2.75, 3.05) is 6.54 Å². The molecule has 1 rings (SSSR count). The molecule has 0 bridgehead atoms. The molecule has 0 saturated carbocycles. The summed E-state index contributed by atoms with van der Waals surface area (Å²) in [6, 6.07) is 6.09. The van der Waals surface area contributed by atoms with Gasteiger partial charge in [-0.2, -0.15) is 0 Å². The molecule has 0 unspecified atom stereocenters. The molecule has 0 atom stereocenters. The van der Waals surface area contributed by atoms with E-state index in [1.165, 1.54) is 11.1 Å². The first kappa shape index (κ1) is 11.5. The molecular weight excluding hydrogens is 265 g/mol. The van der Waals surface area contributed by atoms with Crippen molar-refractivity contribution in [3.63, 3.8) is 0 Å². The first-order valence-corrected chi connectivity index (χ1v) is 5.45. The smallest absolute Gasteiger partial charge is 0.313 e. The summed E-state index contributed by atoms with van der Waals surface area (Å²) >= 11 is 8.56. The number of hydrogen-bond donors (Lipinski definition) is 1. The molecule has 0 aliphatic rings. The number of halogens is 2. The van der Waals surface area contributed by atoms with E-state index in [0.717, 1.165) is 10.9 Å². The fourth-order valence-electron chi connectivity index (χ4n) is 1.20. The molecule has 0 aliphatic carbocycles. The lowest BCUT2D eigenvalue weighted by atomic mass is 10.1. The van der Waals surface area contributed by atoms with E-state index in [1.807, 2.05) is 19.1 Å². The van der Waals surface area contributed by atoms with Crippen LogP contribution >= 0.6 is 27.5 Å². The SMILES string of the molecule is Cc1ccc(Br)cc1CCNC(=O)Cl. The van der Waals surface area contributed by atoms with Crippen molar-refractivity contribution in [2.24, 2.45) is 0 Å². The molecular formula is C10H11BrClNO. The largest absolute Gasteiger partial charge is 0.342 e. The molecule has 1 aromatic carbocycles. The number of carbonyl (C=O) groups is 1. The molecule has 14 heavy (non-hydrogen) atoms. The van der Waals surface area contributed by atoms with Crippen LogP contribution in [0.2, 0.25) is 0 Å². The Morgan fingerprint density at radius 1 is 1.57 bits per heavy atom. The Bertz CT molecular complexity index is 341. The van der Waals surface area contributed by atoms with Gasteiger partial charge in [0.25, 0.3) is 0 Å². The van der Waals surface area contributed by atoms with Crippen LogP contribution in [0, 0.1) is 6.92 Å². The van der Waals surface area contributed by atoms with E-state index in [-0.39, 0.29) is 0 Å². The minimum atomic E-state index is -0.502. The van der Waals surface area contributed by atoms with Crippen LogP contribution in [0.15, 0.2) is 22.7 Å². The number of carbonyl (C=O) groups excluding carboxylic acids is 1. The van der Waals surface area contributed by atoms with Crippen molar-refractivity contribution in [2.45, 2.75) is 13.3 Å². The molecule has 0 fully saturated rings. The monoisotopic (exact) mass is 275 g/mol. The lowest BCUT2D eigenvalue weighted by Crippen LogP contribution is -2.19. The highest BCUT2D eigenvalue weighted by atomic mass is 79.9. The molecule has 0 aromatic heterocycles. The van der Waals surface area contributed by atoms with E-state index >= 15 is 0 Å². The van der Waals surface area contributed by atoms with Gasteiger partial charge in [-0.25, -0.2) is 0 Å². The van der Waals surface area contributed by atoms with E-state index in [9.17, 15) is 4.79 Å². The van der Waals surface area contributed by atoms with Gasteiger partial charge in [0.2, 0.25) is 0 Å². The van der Waals surface area contributed by atoms with Crippen LogP contribution < -0.4 is 5.32 Å². The summed E-state index contributed by atoms with van der Waals surface area (Å²) in [6.45, 7) is 2.61. The minimum Gasteiger partial charge on any atom is -0.342 e. The molecule has 0 radical (unpaired) electrons. The second-order valence-electron chi connectivity index (χ2n) is 3.02. The highest BCUT2D eigenvalue weighted by Gasteiger charge is 2.00. The molecule has 1 aromatic rings. The Hall–Kier alpha value is -0.540. The van der Waals surface area contributed by atoms with Crippen LogP contribution in [0.4, 0.5) is 4.79 Å². The predicted octanol–water partition coefficient (Wildman–Crippen LogP) is 3.25. The van der Waals surface area contributed by atoms with E-state index in [4.69, 9.17) is 11.6 Å². The Balaban J connectivity index is 2.57. The highest BCUT2D eigenvalue weighted by Crippen LogP contribution is 2.16. The second kappa shape index (κ2) is 5.37. The third kappa shape index (κ3) is 3.68. The number of hydrogen-bond acceptors (Lipinski definition) is 1. The van der Waals surface area contributed by atoms with E-state index in [1.54, 1.807) is 0 Å². The Morgan fingerprint density at radius 2 is 2.29 bits per heavy atom. The summed E-state index contributed by atoms with van der Waals surface area (Å²) in [4.78, 5) is 10.4. The molecule has 4 heteroatoms. The Labute approximate surface area is 96.8 Å². The van der Waals surface area contributed by atoms with Crippen LogP contribution in [0.3, 0.4) is 0 Å². The van der Waals surface area contributed by atoms with Crippen molar-refractivity contribution in [1.82, 2.24) is 5.32 Å². The van der Waals surface area contributed by atoms with Gasteiger partial charge in [0.15, 0.2) is 0 Å². The number of benzene rings is 1. The summed E-state index contributed by atoms with van der Waals surface area (Å²) in [6.07, 6.45) is 0.795. The average molecular weight is 277 g/mol. The molecule has 0 spiro atoms. The van der Waals surface area contributed by atoms with Gasteiger partial charge < -0.3 is 5.32 Å². The molecule has 0 saturated heterocycles. The van der Waals surface area contributed by atoms with Crippen molar-refractivity contribution >= 4 is 32.9 Å². The number of amides is 1. The fourth-order valence-corrected chi connectivity index (χ4v) is 1.71. The number of aryl methyl sites for hydroxylation is 1. The van der Waals surface area contributed by atoms with Gasteiger partial charge in [-0.1, -0.05) is 22.0 Å². The lowest BCUT2D eigenvalue weighted by molar-refractivity contribution is 0.260. The zero-order valence-corrected chi connectivity index (χ0v) is 10.2. The third-order valence-corrected chi connectivity index (χ3v) is 2.60. The molecule has 1 N–H and O–H groups in total. The maximum absolute atomic E-state index is 10.4. The zero-order valence-electron chi connectivity index (χ0n) is 7.81. The van der Waals surface area contributed by atoms with Crippen molar-refractivity contribution in [3.05, 3.63) is 33.8 Å². The van der Waals surface area contributed by atoms with E-state index in [0.29, 0.717) is 6.54 Å². The fraction of sp³-hybridized carbons (Fsp3) is 0.300. The van der Waals surface area contributed by atoms with Gasteiger partial charge in [0.1, 0.15) is 0 Å². The number of nitrogens with one attached hydrogen (secondary N) is 1. The topological polar surface area (TPSA) is 29.1 Å². The van der Waals surface area contributed by atoms with E-state index < -0.39 is 5.37 Å². The summed E-state index contributed by atoms with van der Waals surface area (Å²) < 4.78 is 1.05. The summed E-state index contributed by atoms with van der Waals surface area (Å²) in [5, 5.41) is 2.05. The van der Waals surface area contributed by atoms with Crippen LogP contribution in [0.1, 0.15) is 11.1 Å². The molecule has 1 amide bonds. The molecule has 76 valence electrons. The van der Waals surface area contributed by atoms with Gasteiger partial charge in [-0.15, -0.1) is 0 Å². The second-order valence-corrected chi connectivity index (χ2v) is 4.28. The predicted molar refractivity (Wildman–Crippen MR) is 61.8 cm³/mol. The maximum Gasteiger partial charge on any atom is 0.313 e. The molecule has 2 nitrogen and oxygen atoms in total. The van der Waals surface area contributed by atoms with Crippen LogP contribution in [0.5, 0.6) is 0 Å². The van der Waals surface area contributed by atoms with Crippen molar-refractivity contribution in [3.8, 4) is 0 Å². The van der Waals surface area contributed by atoms with Gasteiger partial charge in [0, 0.05) is 11.0 Å². The number of rotatable bonds is 3. The van der Waals surface area contributed by atoms with Gasteiger partial charge in [-0.05, 0) is 48.2 Å². The molecule has 0 aliphatic heterocycles. The summed E-state index contributed by atoms with van der Waals surface area (Å²) in [5.41, 5.74) is 2.43. The minimum absolute atomic E-state index is 0.502. The van der Waals surface area contributed by atoms with Gasteiger partial charge in [0.05, 0.1) is 0 Å². The quantitative estimate of drug-likeness (QED) is 0.666. The van der Waals surface area contributed by atoms with Crippen LogP contribution in [-0.2, 0) is 6.42 Å². The van der Waals surface area contributed by atoms with Crippen molar-refractivity contribution < 1.29 is 4.79 Å². The Morgan fingerprint density at radius 3 is 2.93 bits per heavy atom. The molecule has 0 heterocycles. The Kier molecular flexibility index (Phi) is 4.42. The van der Waals surface area contributed by atoms with E-state index in [2.05, 4.69) is 27.3 Å². The van der Waals surface area contributed by atoms with Crippen LogP contribution in [0.25, 0.3) is 0 Å². The van der Waals surface area contributed by atoms with Gasteiger partial charge >= 0.3 is 5.37 Å².